The number of aromatic nitrogens is 1. The molecule has 0 saturated heterocycles. The molecule has 112 valence electrons. The fourth-order valence-electron chi connectivity index (χ4n) is 2.92. The summed E-state index contributed by atoms with van der Waals surface area (Å²) in [4.78, 5) is 16.9. The molecule has 1 aromatic heterocycles. The summed E-state index contributed by atoms with van der Waals surface area (Å²) in [6, 6.07) is 8.17. The van der Waals surface area contributed by atoms with Crippen LogP contribution in [0.25, 0.3) is 10.2 Å². The van der Waals surface area contributed by atoms with Crippen molar-refractivity contribution in [2.24, 2.45) is 5.73 Å². The van der Waals surface area contributed by atoms with Crippen molar-refractivity contribution in [2.45, 2.75) is 50.6 Å². The van der Waals surface area contributed by atoms with Gasteiger partial charge in [-0.25, -0.2) is 4.98 Å². The van der Waals surface area contributed by atoms with E-state index in [0.29, 0.717) is 0 Å². The third kappa shape index (κ3) is 3.09. The van der Waals surface area contributed by atoms with E-state index in [1.54, 1.807) is 11.3 Å². The molecule has 1 unspecified atom stereocenters. The molecule has 5 heteroatoms. The molecule has 3 N–H and O–H groups in total. The maximum absolute atomic E-state index is 12.3. The Balaban J connectivity index is 1.63. The number of rotatable bonds is 4. The number of thiazole rings is 1. The number of para-hydroxylation sites is 1. The average Bonchev–Trinajstić information content (AvgIpc) is 3.04. The third-order valence-corrected chi connectivity index (χ3v) is 5.20. The molecule has 1 aromatic carbocycles. The van der Waals surface area contributed by atoms with E-state index in [9.17, 15) is 4.79 Å². The number of amides is 1. The number of nitrogens with one attached hydrogen (secondary N) is 1. The van der Waals surface area contributed by atoms with Crippen LogP contribution in [-0.4, -0.2) is 22.5 Å². The molecule has 1 saturated carbocycles. The van der Waals surface area contributed by atoms with Crippen LogP contribution in [0.4, 0.5) is 0 Å². The second kappa shape index (κ2) is 5.73. The van der Waals surface area contributed by atoms with Crippen molar-refractivity contribution >= 4 is 27.5 Å². The lowest BCUT2D eigenvalue weighted by Gasteiger charge is -2.24. The van der Waals surface area contributed by atoms with Crippen LogP contribution in [0.15, 0.2) is 24.3 Å². The van der Waals surface area contributed by atoms with Crippen molar-refractivity contribution in [3.8, 4) is 0 Å². The Hall–Kier alpha value is -1.46. The number of nitrogens with two attached hydrogens (primary N) is 1. The number of fused-ring (bicyclic) bond motifs is 1. The maximum Gasteiger partial charge on any atom is 0.240 e. The molecule has 1 heterocycles. The first kappa shape index (κ1) is 14.5. The first-order valence-electron chi connectivity index (χ1n) is 7.51. The molecular formula is C16H21N3OS. The van der Waals surface area contributed by atoms with E-state index in [2.05, 4.69) is 16.4 Å². The van der Waals surface area contributed by atoms with Gasteiger partial charge >= 0.3 is 0 Å². The Morgan fingerprint density at radius 2 is 2.14 bits per heavy atom. The zero-order valence-electron chi connectivity index (χ0n) is 12.3. The normalized spacial score (nSPS) is 18.8. The van der Waals surface area contributed by atoms with Crippen molar-refractivity contribution in [3.05, 3.63) is 29.3 Å². The highest BCUT2D eigenvalue weighted by molar-refractivity contribution is 7.18. The molecular weight excluding hydrogens is 282 g/mol. The summed E-state index contributed by atoms with van der Waals surface area (Å²) < 4.78 is 1.19. The Labute approximate surface area is 128 Å². The monoisotopic (exact) mass is 303 g/mol. The zero-order valence-corrected chi connectivity index (χ0v) is 13.1. The highest BCUT2D eigenvalue weighted by Crippen LogP contribution is 2.27. The molecule has 1 fully saturated rings. The van der Waals surface area contributed by atoms with Gasteiger partial charge in [0.2, 0.25) is 5.91 Å². The first-order chi connectivity index (χ1) is 10.1. The summed E-state index contributed by atoms with van der Waals surface area (Å²) in [5.41, 5.74) is 6.56. The van der Waals surface area contributed by atoms with E-state index in [-0.39, 0.29) is 11.9 Å². The second-order valence-electron chi connectivity index (χ2n) is 6.02. The van der Waals surface area contributed by atoms with E-state index in [1.807, 2.05) is 25.1 Å². The number of nitrogens with zero attached hydrogens (tertiary/aromatic N) is 1. The molecule has 1 amide bonds. The number of carbonyl (C=O) groups excluding carboxylic acids is 1. The molecule has 4 nitrogen and oxygen atoms in total. The predicted octanol–water partition coefficient (Wildman–Crippen LogP) is 2.62. The minimum atomic E-state index is -0.651. The fraction of sp³-hybridized carbons (Fsp3) is 0.500. The lowest BCUT2D eigenvalue weighted by atomic mass is 9.97. The molecule has 0 spiro atoms. The Kier molecular flexibility index (Phi) is 3.95. The van der Waals surface area contributed by atoms with Crippen LogP contribution in [0.3, 0.4) is 0 Å². The first-order valence-corrected chi connectivity index (χ1v) is 8.33. The van der Waals surface area contributed by atoms with Crippen molar-refractivity contribution in [2.75, 3.05) is 0 Å². The SMILES string of the molecule is CC(Cc1nc2ccccc2s1)NC(=O)C1(N)CCCC1. The standard InChI is InChI=1S/C16H21N3OS/c1-11(18-15(20)16(17)8-4-5-9-16)10-14-19-12-6-2-3-7-13(12)21-14/h2-3,6-7,11H,4-5,8-10,17H2,1H3,(H,18,20). The number of hydrogen-bond acceptors (Lipinski definition) is 4. The summed E-state index contributed by atoms with van der Waals surface area (Å²) in [6.45, 7) is 2.02. The van der Waals surface area contributed by atoms with Crippen LogP contribution in [-0.2, 0) is 11.2 Å². The predicted molar refractivity (Wildman–Crippen MR) is 86.3 cm³/mol. The van der Waals surface area contributed by atoms with Gasteiger partial charge in [0.15, 0.2) is 0 Å². The molecule has 2 aromatic rings. The van der Waals surface area contributed by atoms with E-state index >= 15 is 0 Å². The van der Waals surface area contributed by atoms with Gasteiger partial charge in [0.25, 0.3) is 0 Å². The fourth-order valence-corrected chi connectivity index (χ4v) is 4.02. The quantitative estimate of drug-likeness (QED) is 0.912. The minimum absolute atomic E-state index is 0.00592. The molecule has 21 heavy (non-hydrogen) atoms. The Morgan fingerprint density at radius 1 is 1.43 bits per heavy atom. The van der Waals surface area contributed by atoms with Gasteiger partial charge in [-0.3, -0.25) is 4.79 Å². The van der Waals surface area contributed by atoms with E-state index in [1.165, 1.54) is 4.70 Å². The number of hydrogen-bond donors (Lipinski definition) is 2. The molecule has 0 aliphatic heterocycles. The largest absolute Gasteiger partial charge is 0.352 e. The lowest BCUT2D eigenvalue weighted by molar-refractivity contribution is -0.126. The summed E-state index contributed by atoms with van der Waals surface area (Å²) in [7, 11) is 0. The van der Waals surface area contributed by atoms with Crippen LogP contribution < -0.4 is 11.1 Å². The topological polar surface area (TPSA) is 68.0 Å². The molecule has 1 aliphatic carbocycles. The molecule has 0 radical (unpaired) electrons. The van der Waals surface area contributed by atoms with Gasteiger partial charge in [0.1, 0.15) is 0 Å². The Bertz CT molecular complexity index is 613. The molecule has 1 atom stereocenters. The van der Waals surface area contributed by atoms with Crippen molar-refractivity contribution in [1.29, 1.82) is 0 Å². The van der Waals surface area contributed by atoms with Crippen molar-refractivity contribution in [3.63, 3.8) is 0 Å². The molecule has 0 bridgehead atoms. The summed E-state index contributed by atoms with van der Waals surface area (Å²) in [5.74, 6) is -0.00592. The maximum atomic E-state index is 12.3. The van der Waals surface area contributed by atoms with Gasteiger partial charge in [-0.1, -0.05) is 25.0 Å². The smallest absolute Gasteiger partial charge is 0.240 e. The van der Waals surface area contributed by atoms with Gasteiger partial charge in [0.05, 0.1) is 20.8 Å². The number of benzene rings is 1. The van der Waals surface area contributed by atoms with Crippen LogP contribution >= 0.6 is 11.3 Å². The number of carbonyl (C=O) groups is 1. The second-order valence-corrected chi connectivity index (χ2v) is 7.13. The lowest BCUT2D eigenvalue weighted by Crippen LogP contribution is -2.54. The minimum Gasteiger partial charge on any atom is -0.352 e. The average molecular weight is 303 g/mol. The molecule has 1 aliphatic rings. The van der Waals surface area contributed by atoms with Crippen LogP contribution in [0.1, 0.15) is 37.6 Å². The van der Waals surface area contributed by atoms with Gasteiger partial charge in [-0.05, 0) is 31.9 Å². The summed E-state index contributed by atoms with van der Waals surface area (Å²) in [6.07, 6.45) is 4.45. The van der Waals surface area contributed by atoms with E-state index in [0.717, 1.165) is 42.6 Å². The Morgan fingerprint density at radius 3 is 2.86 bits per heavy atom. The van der Waals surface area contributed by atoms with Gasteiger partial charge in [-0.2, -0.15) is 0 Å². The van der Waals surface area contributed by atoms with Gasteiger partial charge < -0.3 is 11.1 Å². The summed E-state index contributed by atoms with van der Waals surface area (Å²) in [5, 5.41) is 4.11. The van der Waals surface area contributed by atoms with Crippen LogP contribution in [0.2, 0.25) is 0 Å². The highest BCUT2D eigenvalue weighted by atomic mass is 32.1. The van der Waals surface area contributed by atoms with Crippen LogP contribution in [0, 0.1) is 0 Å². The van der Waals surface area contributed by atoms with Gasteiger partial charge in [0, 0.05) is 12.5 Å². The highest BCUT2D eigenvalue weighted by Gasteiger charge is 2.37. The van der Waals surface area contributed by atoms with Crippen molar-refractivity contribution in [1.82, 2.24) is 10.3 Å². The molecule has 3 rings (SSSR count). The zero-order chi connectivity index (χ0) is 14.9. The van der Waals surface area contributed by atoms with E-state index in [4.69, 9.17) is 5.73 Å². The van der Waals surface area contributed by atoms with Gasteiger partial charge in [-0.15, -0.1) is 11.3 Å². The third-order valence-electron chi connectivity index (χ3n) is 4.14. The van der Waals surface area contributed by atoms with Crippen LogP contribution in [0.5, 0.6) is 0 Å². The van der Waals surface area contributed by atoms with E-state index < -0.39 is 5.54 Å². The van der Waals surface area contributed by atoms with Crippen molar-refractivity contribution < 1.29 is 4.79 Å². The summed E-state index contributed by atoms with van der Waals surface area (Å²) >= 11 is 1.69.